The zero-order valence-corrected chi connectivity index (χ0v) is 15.5. The number of hydrogen-bond donors (Lipinski definition) is 2. The van der Waals surface area contributed by atoms with Crippen LogP contribution in [0.2, 0.25) is 0 Å². The lowest BCUT2D eigenvalue weighted by molar-refractivity contribution is -0.123. The second-order valence-electron chi connectivity index (χ2n) is 5.92. The van der Waals surface area contributed by atoms with Crippen molar-refractivity contribution in [3.8, 4) is 0 Å². The first-order valence-electron chi connectivity index (χ1n) is 8.09. The van der Waals surface area contributed by atoms with Crippen LogP contribution in [0.1, 0.15) is 27.8 Å². The standard InChI is InChI=1S/C18H17N3O5S/c1-10-16(23)19-12-8-11(5-6-14(12)27-10)18(25)26-9-15(22)20-17(24)13-4-3-7-21(13)2/h3-8,10H,9H2,1-2H3,(H,19,23)(H,20,22,24)/t10-/m1/s1. The number of nitrogens with one attached hydrogen (secondary N) is 2. The van der Waals surface area contributed by atoms with Crippen LogP contribution in [-0.4, -0.2) is 40.1 Å². The highest BCUT2D eigenvalue weighted by molar-refractivity contribution is 8.00. The van der Waals surface area contributed by atoms with Gasteiger partial charge in [0.25, 0.3) is 11.8 Å². The largest absolute Gasteiger partial charge is 0.452 e. The van der Waals surface area contributed by atoms with Crippen molar-refractivity contribution in [2.24, 2.45) is 7.05 Å². The molecule has 9 heteroatoms. The summed E-state index contributed by atoms with van der Waals surface area (Å²) in [5.74, 6) is -2.18. The quantitative estimate of drug-likeness (QED) is 0.772. The molecule has 1 atom stereocenters. The third-order valence-electron chi connectivity index (χ3n) is 3.91. The Bertz CT molecular complexity index is 937. The molecule has 0 saturated heterocycles. The number of esters is 1. The molecule has 1 aliphatic rings. The van der Waals surface area contributed by atoms with Gasteiger partial charge in [0, 0.05) is 18.1 Å². The number of ether oxygens (including phenoxy) is 1. The van der Waals surface area contributed by atoms with Gasteiger partial charge in [-0.2, -0.15) is 0 Å². The third kappa shape index (κ3) is 4.20. The predicted molar refractivity (Wildman–Crippen MR) is 98.6 cm³/mol. The molecular formula is C18H17N3O5S. The number of hydrogen-bond acceptors (Lipinski definition) is 6. The molecule has 0 spiro atoms. The lowest BCUT2D eigenvalue weighted by atomic mass is 10.2. The number of nitrogens with zero attached hydrogens (tertiary/aromatic N) is 1. The van der Waals surface area contributed by atoms with Gasteiger partial charge in [-0.05, 0) is 37.3 Å². The minimum atomic E-state index is -0.731. The lowest BCUT2D eigenvalue weighted by Crippen LogP contribution is -2.35. The molecule has 0 bridgehead atoms. The summed E-state index contributed by atoms with van der Waals surface area (Å²) in [7, 11) is 1.67. The number of anilines is 1. The maximum atomic E-state index is 12.1. The molecule has 8 nitrogen and oxygen atoms in total. The second-order valence-corrected chi connectivity index (χ2v) is 7.30. The van der Waals surface area contributed by atoms with E-state index in [0.29, 0.717) is 11.4 Å². The van der Waals surface area contributed by atoms with E-state index in [9.17, 15) is 19.2 Å². The Morgan fingerprint density at radius 3 is 2.78 bits per heavy atom. The normalized spacial score (nSPS) is 15.5. The molecule has 1 aliphatic heterocycles. The summed E-state index contributed by atoms with van der Waals surface area (Å²) in [6.45, 7) is 1.20. The fraction of sp³-hybridized carbons (Fsp3) is 0.222. The molecule has 1 aromatic heterocycles. The molecule has 0 saturated carbocycles. The molecule has 2 aromatic rings. The van der Waals surface area contributed by atoms with Crippen LogP contribution in [0.15, 0.2) is 41.4 Å². The number of fused-ring (bicyclic) bond motifs is 1. The van der Waals surface area contributed by atoms with Crippen molar-refractivity contribution < 1.29 is 23.9 Å². The number of rotatable bonds is 4. The highest BCUT2D eigenvalue weighted by Crippen LogP contribution is 2.35. The predicted octanol–water partition coefficient (Wildman–Crippen LogP) is 1.57. The lowest BCUT2D eigenvalue weighted by Gasteiger charge is -2.21. The number of carbonyl (C=O) groups is 4. The van der Waals surface area contributed by atoms with Crippen molar-refractivity contribution >= 4 is 41.1 Å². The summed E-state index contributed by atoms with van der Waals surface area (Å²) >= 11 is 1.40. The fourth-order valence-corrected chi connectivity index (χ4v) is 3.40. The average Bonchev–Trinajstić information content (AvgIpc) is 3.06. The van der Waals surface area contributed by atoms with E-state index in [1.165, 1.54) is 17.8 Å². The van der Waals surface area contributed by atoms with Crippen molar-refractivity contribution in [1.29, 1.82) is 0 Å². The first-order valence-corrected chi connectivity index (χ1v) is 8.97. The summed E-state index contributed by atoms with van der Waals surface area (Å²) < 4.78 is 6.51. The molecule has 0 fully saturated rings. The van der Waals surface area contributed by atoms with Gasteiger partial charge in [-0.3, -0.25) is 19.7 Å². The van der Waals surface area contributed by atoms with Gasteiger partial charge >= 0.3 is 5.97 Å². The Labute approximate surface area is 159 Å². The number of aromatic nitrogens is 1. The van der Waals surface area contributed by atoms with Gasteiger partial charge in [0.2, 0.25) is 5.91 Å². The highest BCUT2D eigenvalue weighted by Gasteiger charge is 2.24. The number of benzene rings is 1. The van der Waals surface area contributed by atoms with Crippen LogP contribution in [0.3, 0.4) is 0 Å². The van der Waals surface area contributed by atoms with Gasteiger partial charge < -0.3 is 14.6 Å². The number of carbonyl (C=O) groups excluding carboxylic acids is 4. The maximum absolute atomic E-state index is 12.1. The Morgan fingerprint density at radius 2 is 2.07 bits per heavy atom. The Balaban J connectivity index is 1.57. The molecule has 0 aliphatic carbocycles. The van der Waals surface area contributed by atoms with Gasteiger partial charge in [0.05, 0.1) is 16.5 Å². The number of amides is 3. The Morgan fingerprint density at radius 1 is 1.30 bits per heavy atom. The molecule has 140 valence electrons. The molecular weight excluding hydrogens is 370 g/mol. The summed E-state index contributed by atoms with van der Waals surface area (Å²) in [6, 6.07) is 8.01. The zero-order valence-electron chi connectivity index (χ0n) is 14.6. The van der Waals surface area contributed by atoms with Crippen molar-refractivity contribution in [2.75, 3.05) is 11.9 Å². The number of aryl methyl sites for hydroxylation is 1. The topological polar surface area (TPSA) is 106 Å². The van der Waals surface area contributed by atoms with E-state index in [-0.39, 0.29) is 16.7 Å². The minimum absolute atomic E-state index is 0.142. The van der Waals surface area contributed by atoms with Gasteiger partial charge in [0.1, 0.15) is 5.69 Å². The SMILES string of the molecule is C[C@H]1Sc2ccc(C(=O)OCC(=O)NC(=O)c3cccn3C)cc2NC1=O. The van der Waals surface area contributed by atoms with Crippen LogP contribution in [0.5, 0.6) is 0 Å². The Kier molecular flexibility index (Phi) is 5.31. The van der Waals surface area contributed by atoms with Crippen LogP contribution in [0, 0.1) is 0 Å². The van der Waals surface area contributed by atoms with E-state index >= 15 is 0 Å². The first kappa shape index (κ1) is 18.7. The summed E-state index contributed by atoms with van der Waals surface area (Å²) in [4.78, 5) is 48.5. The molecule has 1 aromatic carbocycles. The first-order chi connectivity index (χ1) is 12.8. The molecule has 27 heavy (non-hydrogen) atoms. The van der Waals surface area contributed by atoms with E-state index in [2.05, 4.69) is 10.6 Å². The van der Waals surface area contributed by atoms with Crippen molar-refractivity contribution in [2.45, 2.75) is 17.1 Å². The van der Waals surface area contributed by atoms with Crippen LogP contribution >= 0.6 is 11.8 Å². The second kappa shape index (κ2) is 7.67. The number of imide groups is 1. The molecule has 3 rings (SSSR count). The smallest absolute Gasteiger partial charge is 0.338 e. The highest BCUT2D eigenvalue weighted by atomic mass is 32.2. The fourth-order valence-electron chi connectivity index (χ4n) is 2.47. The van der Waals surface area contributed by atoms with Gasteiger partial charge in [-0.1, -0.05) is 0 Å². The Hall–Kier alpha value is -3.07. The molecule has 0 radical (unpaired) electrons. The van der Waals surface area contributed by atoms with Crippen molar-refractivity contribution in [3.05, 3.63) is 47.8 Å². The van der Waals surface area contributed by atoms with E-state index < -0.39 is 24.4 Å². The van der Waals surface area contributed by atoms with E-state index in [4.69, 9.17) is 4.74 Å². The zero-order chi connectivity index (χ0) is 19.6. The van der Waals surface area contributed by atoms with Crippen molar-refractivity contribution in [1.82, 2.24) is 9.88 Å². The summed E-state index contributed by atoms with van der Waals surface area (Å²) in [6.07, 6.45) is 1.67. The molecule has 0 unspecified atom stereocenters. The summed E-state index contributed by atoms with van der Waals surface area (Å²) in [5, 5.41) is 4.67. The van der Waals surface area contributed by atoms with Crippen LogP contribution in [-0.2, 0) is 21.4 Å². The van der Waals surface area contributed by atoms with E-state index in [1.54, 1.807) is 49.0 Å². The number of thioether (sulfide) groups is 1. The average molecular weight is 387 g/mol. The summed E-state index contributed by atoms with van der Waals surface area (Å²) in [5.41, 5.74) is 1.04. The monoisotopic (exact) mass is 387 g/mol. The van der Waals surface area contributed by atoms with Crippen LogP contribution in [0.4, 0.5) is 5.69 Å². The van der Waals surface area contributed by atoms with Gasteiger partial charge in [0.15, 0.2) is 6.61 Å². The van der Waals surface area contributed by atoms with Crippen molar-refractivity contribution in [3.63, 3.8) is 0 Å². The van der Waals surface area contributed by atoms with Crippen LogP contribution < -0.4 is 10.6 Å². The maximum Gasteiger partial charge on any atom is 0.338 e. The van der Waals surface area contributed by atoms with Gasteiger partial charge in [-0.15, -0.1) is 11.8 Å². The van der Waals surface area contributed by atoms with E-state index in [0.717, 1.165) is 4.90 Å². The van der Waals surface area contributed by atoms with E-state index in [1.807, 2.05) is 0 Å². The van der Waals surface area contributed by atoms with Crippen LogP contribution in [0.25, 0.3) is 0 Å². The van der Waals surface area contributed by atoms with Gasteiger partial charge in [-0.25, -0.2) is 4.79 Å². The third-order valence-corrected chi connectivity index (χ3v) is 5.09. The molecule has 2 N–H and O–H groups in total. The minimum Gasteiger partial charge on any atom is -0.452 e. The molecule has 2 heterocycles. The molecule has 3 amide bonds.